The Morgan fingerprint density at radius 3 is 2.32 bits per heavy atom. The average Bonchev–Trinajstić information content (AvgIpc) is 2.41. The molecule has 2 aromatic carbocycles. The molecule has 2 aromatic rings. The van der Waals surface area contributed by atoms with Gasteiger partial charge in [0, 0.05) is 9.13 Å². The van der Waals surface area contributed by atoms with E-state index in [-0.39, 0.29) is 5.82 Å². The van der Waals surface area contributed by atoms with Gasteiger partial charge in [-0.25, -0.2) is 4.39 Å². The van der Waals surface area contributed by atoms with E-state index in [4.69, 9.17) is 0 Å². The molecule has 2 rings (SSSR count). The first-order valence-electron chi connectivity index (χ1n) is 5.69. The van der Waals surface area contributed by atoms with E-state index in [2.05, 4.69) is 22.6 Å². The molecule has 0 aromatic heterocycles. The zero-order chi connectivity index (χ0) is 13.7. The van der Waals surface area contributed by atoms with Crippen molar-refractivity contribution in [3.8, 4) is 0 Å². The maximum atomic E-state index is 12.7. The second kappa shape index (κ2) is 7.07. The Morgan fingerprint density at radius 2 is 1.68 bits per heavy atom. The molecule has 1 unspecified atom stereocenters. The molecule has 0 aliphatic heterocycles. The minimum atomic E-state index is -1.09. The van der Waals surface area contributed by atoms with E-state index in [1.165, 1.54) is 15.7 Å². The van der Waals surface area contributed by atoms with Crippen LogP contribution in [0.3, 0.4) is 0 Å². The molecule has 0 fully saturated rings. The van der Waals surface area contributed by atoms with Crippen molar-refractivity contribution >= 4 is 39.8 Å². The number of halogens is 2. The van der Waals surface area contributed by atoms with Crippen LogP contribution in [0, 0.1) is 9.39 Å². The molecule has 19 heavy (non-hydrogen) atoms. The summed E-state index contributed by atoms with van der Waals surface area (Å²) in [5.41, 5.74) is 1.89. The van der Waals surface area contributed by atoms with Crippen LogP contribution in [0.2, 0.25) is 0 Å². The summed E-state index contributed by atoms with van der Waals surface area (Å²) in [5.74, 6) is 0.130. The quantitative estimate of drug-likeness (QED) is 0.566. The van der Waals surface area contributed by atoms with Crippen molar-refractivity contribution < 1.29 is 8.94 Å². The Bertz CT molecular complexity index is 551. The molecule has 0 bridgehead atoms. The van der Waals surface area contributed by atoms with E-state index in [1.54, 1.807) is 17.5 Å². The third-order valence-electron chi connectivity index (χ3n) is 2.50. The summed E-state index contributed by atoms with van der Waals surface area (Å²) >= 11 is 1.15. The van der Waals surface area contributed by atoms with Crippen molar-refractivity contribution in [1.29, 1.82) is 0 Å². The molecule has 0 spiro atoms. The van der Waals surface area contributed by atoms with Crippen molar-refractivity contribution in [1.82, 2.24) is 0 Å². The topological polar surface area (TPSA) is 23.1 Å². The molecule has 0 heterocycles. The summed E-state index contributed by atoms with van der Waals surface area (Å²) in [7, 11) is 0. The van der Waals surface area contributed by atoms with Crippen molar-refractivity contribution in [3.05, 3.63) is 74.5 Å². The fourth-order valence-electron chi connectivity index (χ4n) is 1.52. The lowest BCUT2D eigenvalue weighted by molar-refractivity contribution is 0.602. The molecule has 0 saturated carbocycles. The summed E-state index contributed by atoms with van der Waals surface area (Å²) < 4.78 is 25.8. The van der Waals surface area contributed by atoms with Gasteiger partial charge in [0.25, 0.3) is 0 Å². The number of hydrogen-bond acceptors (Lipinski definition) is 1. The molecule has 0 aliphatic rings. The second-order valence-electron chi connectivity index (χ2n) is 4.01. The van der Waals surface area contributed by atoms with Crippen LogP contribution in [0.15, 0.2) is 53.9 Å². The first-order chi connectivity index (χ1) is 9.13. The highest BCUT2D eigenvalue weighted by atomic mass is 127. The SMILES string of the molecule is [O-][S+](/C=C/c1ccc(I)cc1)Cc1ccc(F)cc1. The number of hydrogen-bond donors (Lipinski definition) is 0. The van der Waals surface area contributed by atoms with Gasteiger partial charge in [-0.1, -0.05) is 24.3 Å². The zero-order valence-electron chi connectivity index (χ0n) is 10.1. The van der Waals surface area contributed by atoms with Gasteiger partial charge >= 0.3 is 0 Å². The minimum Gasteiger partial charge on any atom is -0.612 e. The van der Waals surface area contributed by atoms with E-state index in [0.29, 0.717) is 5.75 Å². The Kier molecular flexibility index (Phi) is 5.42. The highest BCUT2D eigenvalue weighted by Gasteiger charge is 2.04. The third-order valence-corrected chi connectivity index (χ3v) is 4.28. The van der Waals surface area contributed by atoms with E-state index in [9.17, 15) is 8.94 Å². The standard InChI is InChI=1S/C15H12FIOS/c16-14-5-1-13(2-6-14)11-19(18)10-9-12-3-7-15(17)8-4-12/h1-10H,11H2/b10-9+. The first-order valence-corrected chi connectivity index (χ1v) is 8.15. The minimum absolute atomic E-state index is 0.274. The van der Waals surface area contributed by atoms with Crippen LogP contribution in [0.1, 0.15) is 11.1 Å². The molecular formula is C15H12FIOS. The van der Waals surface area contributed by atoms with Crippen molar-refractivity contribution in [3.63, 3.8) is 0 Å². The Hall–Kier alpha value is -0.850. The first kappa shape index (κ1) is 14.6. The summed E-state index contributed by atoms with van der Waals surface area (Å²) in [4.78, 5) is 0. The maximum Gasteiger partial charge on any atom is 0.135 e. The lowest BCUT2D eigenvalue weighted by atomic mass is 10.2. The van der Waals surface area contributed by atoms with E-state index in [1.807, 2.05) is 30.3 Å². The Morgan fingerprint density at radius 1 is 1.05 bits per heavy atom. The molecule has 0 aliphatic carbocycles. The van der Waals surface area contributed by atoms with Gasteiger partial charge in [-0.05, 0) is 69.7 Å². The molecule has 1 nitrogen and oxygen atoms in total. The number of rotatable bonds is 4. The van der Waals surface area contributed by atoms with E-state index in [0.717, 1.165) is 11.1 Å². The summed E-state index contributed by atoms with van der Waals surface area (Å²) in [6, 6.07) is 14.1. The lowest BCUT2D eigenvalue weighted by Gasteiger charge is -2.05. The Balaban J connectivity index is 1.95. The maximum absolute atomic E-state index is 12.7. The molecule has 0 amide bonds. The summed E-state index contributed by atoms with van der Waals surface area (Å²) in [6.07, 6.45) is 1.84. The normalized spacial score (nSPS) is 12.8. The summed E-state index contributed by atoms with van der Waals surface area (Å²) in [5, 5.41) is 1.67. The lowest BCUT2D eigenvalue weighted by Crippen LogP contribution is -1.99. The van der Waals surface area contributed by atoms with E-state index >= 15 is 0 Å². The monoisotopic (exact) mass is 386 g/mol. The molecule has 0 saturated heterocycles. The molecular weight excluding hydrogens is 374 g/mol. The van der Waals surface area contributed by atoms with Crippen LogP contribution in [0.5, 0.6) is 0 Å². The largest absolute Gasteiger partial charge is 0.612 e. The van der Waals surface area contributed by atoms with Gasteiger partial charge in [0.05, 0.1) is 0 Å². The fourth-order valence-corrected chi connectivity index (χ4v) is 2.81. The average molecular weight is 386 g/mol. The van der Waals surface area contributed by atoms with Gasteiger partial charge in [0.15, 0.2) is 0 Å². The van der Waals surface area contributed by atoms with Gasteiger partial charge in [-0.3, -0.25) is 0 Å². The molecule has 1 atom stereocenters. The van der Waals surface area contributed by atoms with Crippen LogP contribution in [-0.4, -0.2) is 4.55 Å². The van der Waals surface area contributed by atoms with Gasteiger partial charge < -0.3 is 4.55 Å². The van der Waals surface area contributed by atoms with Crippen LogP contribution >= 0.6 is 22.6 Å². The Labute approximate surface area is 128 Å². The predicted molar refractivity (Wildman–Crippen MR) is 86.4 cm³/mol. The smallest absolute Gasteiger partial charge is 0.135 e. The third kappa shape index (κ3) is 4.97. The highest BCUT2D eigenvalue weighted by molar-refractivity contribution is 14.1. The molecule has 98 valence electrons. The van der Waals surface area contributed by atoms with Gasteiger partial charge in [-0.15, -0.1) is 0 Å². The van der Waals surface area contributed by atoms with Crippen LogP contribution < -0.4 is 0 Å². The summed E-state index contributed by atoms with van der Waals surface area (Å²) in [6.45, 7) is 0. The van der Waals surface area contributed by atoms with Crippen LogP contribution in [0.25, 0.3) is 6.08 Å². The van der Waals surface area contributed by atoms with Gasteiger partial charge in [0.2, 0.25) is 0 Å². The van der Waals surface area contributed by atoms with Crippen LogP contribution in [0.4, 0.5) is 4.39 Å². The van der Waals surface area contributed by atoms with Crippen molar-refractivity contribution in [2.75, 3.05) is 0 Å². The molecule has 0 radical (unpaired) electrons. The van der Waals surface area contributed by atoms with Gasteiger partial charge in [-0.2, -0.15) is 0 Å². The van der Waals surface area contributed by atoms with Crippen molar-refractivity contribution in [2.24, 2.45) is 0 Å². The highest BCUT2D eigenvalue weighted by Crippen LogP contribution is 2.12. The second-order valence-corrected chi connectivity index (χ2v) is 6.57. The fraction of sp³-hybridized carbons (Fsp3) is 0.0667. The molecule has 0 N–H and O–H groups in total. The molecule has 4 heteroatoms. The van der Waals surface area contributed by atoms with Crippen LogP contribution in [-0.2, 0) is 16.9 Å². The predicted octanol–water partition coefficient (Wildman–Crippen LogP) is 4.35. The number of benzene rings is 2. The van der Waals surface area contributed by atoms with Crippen molar-refractivity contribution in [2.45, 2.75) is 5.75 Å². The zero-order valence-corrected chi connectivity index (χ0v) is 13.0. The van der Waals surface area contributed by atoms with E-state index < -0.39 is 11.2 Å². The van der Waals surface area contributed by atoms with Gasteiger partial charge in [0.1, 0.15) is 17.0 Å².